The van der Waals surface area contributed by atoms with Gasteiger partial charge in [-0.05, 0) is 77.4 Å². The molecule has 0 bridgehead atoms. The molecule has 0 saturated heterocycles. The monoisotopic (exact) mass is 453 g/mol. The third-order valence-electron chi connectivity index (χ3n) is 6.69. The SMILES string of the molecule is CCOC(=O)CC1CCc2cc(NCc3ccccc3F)c(-c3ccc4ccccc4c3)cc21. The Hall–Kier alpha value is -3.66. The first-order valence-electron chi connectivity index (χ1n) is 11.9. The molecule has 0 saturated carbocycles. The van der Waals surface area contributed by atoms with Gasteiger partial charge >= 0.3 is 5.97 Å². The van der Waals surface area contributed by atoms with E-state index >= 15 is 0 Å². The zero-order valence-electron chi connectivity index (χ0n) is 19.3. The third kappa shape index (κ3) is 4.54. The van der Waals surface area contributed by atoms with Gasteiger partial charge in [0, 0.05) is 23.4 Å². The summed E-state index contributed by atoms with van der Waals surface area (Å²) in [5.74, 6) is -0.193. The van der Waals surface area contributed by atoms with Crippen LogP contribution in [0.2, 0.25) is 0 Å². The molecule has 4 heteroatoms. The molecule has 1 N–H and O–H groups in total. The van der Waals surface area contributed by atoms with Crippen molar-refractivity contribution in [3.8, 4) is 11.1 Å². The van der Waals surface area contributed by atoms with Gasteiger partial charge in [-0.1, -0.05) is 54.6 Å². The number of halogens is 1. The van der Waals surface area contributed by atoms with Crippen molar-refractivity contribution in [2.75, 3.05) is 11.9 Å². The van der Waals surface area contributed by atoms with Crippen LogP contribution in [0.1, 0.15) is 42.4 Å². The maximum Gasteiger partial charge on any atom is 0.306 e. The molecule has 0 fully saturated rings. The number of nitrogens with one attached hydrogen (secondary N) is 1. The van der Waals surface area contributed by atoms with Crippen LogP contribution in [0.25, 0.3) is 21.9 Å². The molecule has 0 aliphatic heterocycles. The summed E-state index contributed by atoms with van der Waals surface area (Å²) in [5.41, 5.74) is 6.24. The fourth-order valence-electron chi connectivity index (χ4n) is 4.95. The van der Waals surface area contributed by atoms with Crippen molar-refractivity contribution in [2.45, 2.75) is 38.6 Å². The normalized spacial score (nSPS) is 14.7. The summed E-state index contributed by atoms with van der Waals surface area (Å²) in [5, 5.41) is 5.85. The molecule has 4 aromatic rings. The Bertz CT molecular complexity index is 1350. The number of hydrogen-bond acceptors (Lipinski definition) is 3. The van der Waals surface area contributed by atoms with Crippen molar-refractivity contribution < 1.29 is 13.9 Å². The van der Waals surface area contributed by atoms with Gasteiger partial charge in [0.2, 0.25) is 0 Å². The van der Waals surface area contributed by atoms with Crippen molar-refractivity contribution in [3.05, 3.63) is 101 Å². The van der Waals surface area contributed by atoms with Gasteiger partial charge in [0.1, 0.15) is 5.82 Å². The summed E-state index contributed by atoms with van der Waals surface area (Å²) >= 11 is 0. The molecule has 0 aromatic heterocycles. The molecule has 0 spiro atoms. The molecule has 0 heterocycles. The van der Waals surface area contributed by atoms with Crippen LogP contribution in [0.4, 0.5) is 10.1 Å². The molecule has 1 atom stereocenters. The lowest BCUT2D eigenvalue weighted by atomic mass is 9.92. The van der Waals surface area contributed by atoms with Crippen LogP contribution in [0.5, 0.6) is 0 Å². The van der Waals surface area contributed by atoms with Crippen LogP contribution < -0.4 is 5.32 Å². The second-order valence-corrected chi connectivity index (χ2v) is 8.85. The molecule has 34 heavy (non-hydrogen) atoms. The van der Waals surface area contributed by atoms with Crippen molar-refractivity contribution in [2.24, 2.45) is 0 Å². The second-order valence-electron chi connectivity index (χ2n) is 8.85. The van der Waals surface area contributed by atoms with Crippen molar-refractivity contribution in [3.63, 3.8) is 0 Å². The number of rotatable bonds is 7. The summed E-state index contributed by atoms with van der Waals surface area (Å²) < 4.78 is 19.5. The quantitative estimate of drug-likeness (QED) is 0.300. The number of carbonyl (C=O) groups is 1. The maximum absolute atomic E-state index is 14.3. The molecule has 4 aromatic carbocycles. The lowest BCUT2D eigenvalue weighted by Crippen LogP contribution is -2.09. The fourth-order valence-corrected chi connectivity index (χ4v) is 4.95. The second kappa shape index (κ2) is 9.68. The first-order chi connectivity index (χ1) is 16.6. The number of esters is 1. The Balaban J connectivity index is 1.54. The van der Waals surface area contributed by atoms with Crippen molar-refractivity contribution in [1.29, 1.82) is 0 Å². The summed E-state index contributed by atoms with van der Waals surface area (Å²) in [7, 11) is 0. The van der Waals surface area contributed by atoms with E-state index in [0.29, 0.717) is 25.1 Å². The summed E-state index contributed by atoms with van der Waals surface area (Å²) in [6.45, 7) is 2.64. The molecule has 1 unspecified atom stereocenters. The van der Waals surface area contributed by atoms with Crippen LogP contribution in [-0.2, 0) is 22.5 Å². The van der Waals surface area contributed by atoms with E-state index in [1.54, 1.807) is 12.1 Å². The number of fused-ring (bicyclic) bond motifs is 2. The zero-order chi connectivity index (χ0) is 23.5. The largest absolute Gasteiger partial charge is 0.466 e. The van der Waals surface area contributed by atoms with Gasteiger partial charge in [-0.3, -0.25) is 4.79 Å². The van der Waals surface area contributed by atoms with Gasteiger partial charge in [-0.15, -0.1) is 0 Å². The highest BCUT2D eigenvalue weighted by Crippen LogP contribution is 2.42. The molecule has 0 radical (unpaired) electrons. The number of anilines is 1. The minimum absolute atomic E-state index is 0.144. The molecule has 0 amide bonds. The van der Waals surface area contributed by atoms with Crippen LogP contribution in [0, 0.1) is 5.82 Å². The van der Waals surface area contributed by atoms with Crippen molar-refractivity contribution >= 4 is 22.4 Å². The Morgan fingerprint density at radius 1 is 1.00 bits per heavy atom. The van der Waals surface area contributed by atoms with Crippen LogP contribution >= 0.6 is 0 Å². The predicted molar refractivity (Wildman–Crippen MR) is 135 cm³/mol. The van der Waals surface area contributed by atoms with E-state index in [9.17, 15) is 9.18 Å². The average Bonchev–Trinajstić information content (AvgIpc) is 3.24. The predicted octanol–water partition coefficient (Wildman–Crippen LogP) is 7.24. The molecule has 1 aliphatic carbocycles. The van der Waals surface area contributed by atoms with E-state index < -0.39 is 0 Å². The number of ether oxygens (including phenoxy) is 1. The van der Waals surface area contributed by atoms with Gasteiger partial charge in [-0.25, -0.2) is 4.39 Å². The third-order valence-corrected chi connectivity index (χ3v) is 6.69. The smallest absolute Gasteiger partial charge is 0.306 e. The number of benzene rings is 4. The molecular weight excluding hydrogens is 425 g/mol. The van der Waals surface area contributed by atoms with E-state index in [1.165, 1.54) is 28.0 Å². The lowest BCUT2D eigenvalue weighted by Gasteiger charge is -2.18. The van der Waals surface area contributed by atoms with Gasteiger partial charge < -0.3 is 10.1 Å². The topological polar surface area (TPSA) is 38.3 Å². The molecule has 1 aliphatic rings. The Labute approximate surface area is 199 Å². The van der Waals surface area contributed by atoms with Gasteiger partial charge in [0.25, 0.3) is 0 Å². The van der Waals surface area contributed by atoms with Crippen molar-refractivity contribution in [1.82, 2.24) is 0 Å². The van der Waals surface area contributed by atoms with E-state index in [-0.39, 0.29) is 17.7 Å². The highest BCUT2D eigenvalue weighted by Gasteiger charge is 2.27. The molecule has 3 nitrogen and oxygen atoms in total. The van der Waals surface area contributed by atoms with E-state index in [1.807, 2.05) is 25.1 Å². The molecule has 5 rings (SSSR count). The minimum atomic E-state index is -0.210. The average molecular weight is 454 g/mol. The number of carbonyl (C=O) groups excluding carboxylic acids is 1. The zero-order valence-corrected chi connectivity index (χ0v) is 19.3. The summed E-state index contributed by atoms with van der Waals surface area (Å²) in [6.07, 6.45) is 2.26. The molecular formula is C30H28FNO2. The Morgan fingerprint density at radius 3 is 2.62 bits per heavy atom. The van der Waals surface area contributed by atoms with Gasteiger partial charge in [-0.2, -0.15) is 0 Å². The standard InChI is InChI=1S/C30H28FNO2/c1-2-34-30(33)17-24-14-13-23-16-29(32-19-25-9-5-6-10-28(25)31)27(18-26(23)24)22-12-11-20-7-3-4-8-21(20)15-22/h3-12,15-16,18,24,32H,2,13-14,17,19H2,1H3. The van der Waals surface area contributed by atoms with Gasteiger partial charge in [0.15, 0.2) is 0 Å². The van der Waals surface area contributed by atoms with Gasteiger partial charge in [0.05, 0.1) is 13.0 Å². The maximum atomic E-state index is 14.3. The summed E-state index contributed by atoms with van der Waals surface area (Å²) in [4.78, 5) is 12.2. The fraction of sp³-hybridized carbons (Fsp3) is 0.233. The minimum Gasteiger partial charge on any atom is -0.466 e. The van der Waals surface area contributed by atoms with E-state index in [2.05, 4.69) is 47.8 Å². The van der Waals surface area contributed by atoms with Crippen LogP contribution in [0.3, 0.4) is 0 Å². The first-order valence-corrected chi connectivity index (χ1v) is 11.9. The summed E-state index contributed by atoms with van der Waals surface area (Å²) in [6, 6.07) is 26.0. The van der Waals surface area contributed by atoms with Crippen LogP contribution in [-0.4, -0.2) is 12.6 Å². The molecule has 172 valence electrons. The van der Waals surface area contributed by atoms with E-state index in [4.69, 9.17) is 4.74 Å². The van der Waals surface area contributed by atoms with E-state index in [0.717, 1.165) is 29.7 Å². The number of hydrogen-bond donors (Lipinski definition) is 1. The first kappa shape index (κ1) is 22.1. The number of aryl methyl sites for hydroxylation is 1. The highest BCUT2D eigenvalue weighted by atomic mass is 19.1. The lowest BCUT2D eigenvalue weighted by molar-refractivity contribution is -0.143. The Kier molecular flexibility index (Phi) is 6.31. The highest BCUT2D eigenvalue weighted by molar-refractivity contribution is 5.90. The van der Waals surface area contributed by atoms with Crippen LogP contribution in [0.15, 0.2) is 78.9 Å². The Morgan fingerprint density at radius 2 is 1.79 bits per heavy atom.